The van der Waals surface area contributed by atoms with Crippen molar-refractivity contribution in [1.82, 2.24) is 24.9 Å². The van der Waals surface area contributed by atoms with E-state index in [-0.39, 0.29) is 12.4 Å². The number of aryl methyl sites for hydroxylation is 1. The second kappa shape index (κ2) is 9.53. The summed E-state index contributed by atoms with van der Waals surface area (Å²) in [5.41, 5.74) is 0.884. The minimum atomic E-state index is -0.419. The van der Waals surface area contributed by atoms with Crippen LogP contribution < -0.4 is 4.74 Å². The summed E-state index contributed by atoms with van der Waals surface area (Å²) < 4.78 is 26.7. The lowest BCUT2D eigenvalue weighted by Crippen LogP contribution is -2.07. The second-order valence-corrected chi connectivity index (χ2v) is 7.37. The number of hydrogen-bond donors (Lipinski definition) is 0. The Morgan fingerprint density at radius 1 is 1.07 bits per heavy atom. The van der Waals surface area contributed by atoms with Crippen molar-refractivity contribution in [2.45, 2.75) is 37.3 Å². The fourth-order valence-corrected chi connectivity index (χ4v) is 3.64. The average molecular weight is 425 g/mol. The van der Waals surface area contributed by atoms with Gasteiger partial charge in [0.15, 0.2) is 28.4 Å². The molecule has 0 saturated heterocycles. The molecule has 0 aliphatic heterocycles. The first-order valence-corrected chi connectivity index (χ1v) is 10.5. The highest BCUT2D eigenvalue weighted by Crippen LogP contribution is 2.26. The number of benzene rings is 2. The van der Waals surface area contributed by atoms with Gasteiger partial charge in [-0.05, 0) is 30.7 Å². The number of para-hydroxylation sites is 2. The van der Waals surface area contributed by atoms with Gasteiger partial charge in [-0.2, -0.15) is 4.98 Å². The van der Waals surface area contributed by atoms with Crippen molar-refractivity contribution in [2.24, 2.45) is 0 Å². The number of nitrogens with zero attached hydrogens (tertiary/aromatic N) is 5. The molecular formula is C21H20FN5O2S. The summed E-state index contributed by atoms with van der Waals surface area (Å²) in [6.07, 6.45) is 1.74. The third-order valence-corrected chi connectivity index (χ3v) is 5.13. The average Bonchev–Trinajstić information content (AvgIpc) is 3.39. The fourth-order valence-electron chi connectivity index (χ4n) is 2.83. The van der Waals surface area contributed by atoms with Gasteiger partial charge in [-0.1, -0.05) is 54.2 Å². The molecule has 2 heterocycles. The monoisotopic (exact) mass is 425 g/mol. The molecule has 154 valence electrons. The van der Waals surface area contributed by atoms with E-state index in [1.54, 1.807) is 18.2 Å². The summed E-state index contributed by atoms with van der Waals surface area (Å²) >= 11 is 1.44. The lowest BCUT2D eigenvalue weighted by Gasteiger charge is -2.11. The van der Waals surface area contributed by atoms with Crippen LogP contribution >= 0.6 is 11.8 Å². The SMILES string of the molecule is CCCc1noc(CSc2nnc(COc3ccccc3F)n2-c2ccccc2)n1. The van der Waals surface area contributed by atoms with Crippen LogP contribution in [0.2, 0.25) is 0 Å². The molecule has 0 N–H and O–H groups in total. The lowest BCUT2D eigenvalue weighted by atomic mass is 10.3. The van der Waals surface area contributed by atoms with E-state index in [0.717, 1.165) is 18.5 Å². The number of halogens is 1. The van der Waals surface area contributed by atoms with Crippen molar-refractivity contribution >= 4 is 11.8 Å². The first kappa shape index (κ1) is 20.1. The molecule has 2 aromatic heterocycles. The van der Waals surface area contributed by atoms with Crippen LogP contribution in [0, 0.1) is 5.82 Å². The van der Waals surface area contributed by atoms with Crippen LogP contribution in [0.1, 0.15) is 30.9 Å². The number of hydrogen-bond acceptors (Lipinski definition) is 7. The van der Waals surface area contributed by atoms with Gasteiger partial charge < -0.3 is 9.26 Å². The molecule has 0 bridgehead atoms. The standard InChI is InChI=1S/C21H20FN5O2S/c1-2-8-18-23-20(29-26-18)14-30-21-25-24-19(27(21)15-9-4-3-5-10-15)13-28-17-12-7-6-11-16(17)22/h3-7,9-12H,2,8,13-14H2,1H3. The number of ether oxygens (including phenoxy) is 1. The zero-order valence-electron chi connectivity index (χ0n) is 16.4. The highest BCUT2D eigenvalue weighted by atomic mass is 32.2. The lowest BCUT2D eigenvalue weighted by molar-refractivity contribution is 0.278. The van der Waals surface area contributed by atoms with Crippen molar-refractivity contribution < 1.29 is 13.7 Å². The van der Waals surface area contributed by atoms with Crippen LogP contribution in [-0.4, -0.2) is 24.9 Å². The van der Waals surface area contributed by atoms with E-state index in [1.807, 2.05) is 34.9 Å². The molecule has 0 unspecified atom stereocenters. The summed E-state index contributed by atoms with van der Waals surface area (Å²) in [5.74, 6) is 2.02. The van der Waals surface area contributed by atoms with Crippen LogP contribution in [-0.2, 0) is 18.8 Å². The van der Waals surface area contributed by atoms with Gasteiger partial charge in [0.2, 0.25) is 5.89 Å². The van der Waals surface area contributed by atoms with Gasteiger partial charge in [0.1, 0.15) is 6.61 Å². The van der Waals surface area contributed by atoms with Crippen molar-refractivity contribution in [3.63, 3.8) is 0 Å². The predicted molar refractivity (Wildman–Crippen MR) is 110 cm³/mol. The van der Waals surface area contributed by atoms with E-state index in [4.69, 9.17) is 9.26 Å². The maximum absolute atomic E-state index is 13.9. The second-order valence-electron chi connectivity index (χ2n) is 6.43. The minimum Gasteiger partial charge on any atom is -0.483 e. The smallest absolute Gasteiger partial charge is 0.237 e. The molecule has 0 spiro atoms. The van der Waals surface area contributed by atoms with Crippen LogP contribution in [0.15, 0.2) is 64.3 Å². The van der Waals surface area contributed by atoms with Crippen molar-refractivity contribution in [1.29, 1.82) is 0 Å². The third-order valence-electron chi connectivity index (χ3n) is 4.22. The molecule has 0 atom stereocenters. The molecule has 9 heteroatoms. The van der Waals surface area contributed by atoms with Crippen LogP contribution in [0.5, 0.6) is 5.75 Å². The number of rotatable bonds is 9. The third kappa shape index (κ3) is 4.68. The van der Waals surface area contributed by atoms with Crippen LogP contribution in [0.25, 0.3) is 5.69 Å². The van der Waals surface area contributed by atoms with E-state index >= 15 is 0 Å². The van der Waals surface area contributed by atoms with Crippen LogP contribution in [0.3, 0.4) is 0 Å². The zero-order valence-corrected chi connectivity index (χ0v) is 17.2. The molecule has 2 aromatic carbocycles. The highest BCUT2D eigenvalue weighted by molar-refractivity contribution is 7.98. The number of thioether (sulfide) groups is 1. The first-order valence-electron chi connectivity index (χ1n) is 9.56. The molecule has 7 nitrogen and oxygen atoms in total. The van der Waals surface area contributed by atoms with Gasteiger partial charge in [-0.3, -0.25) is 4.57 Å². The van der Waals surface area contributed by atoms with E-state index < -0.39 is 5.82 Å². The van der Waals surface area contributed by atoms with Gasteiger partial charge in [0, 0.05) is 12.1 Å². The summed E-state index contributed by atoms with van der Waals surface area (Å²) in [6, 6.07) is 16.0. The van der Waals surface area contributed by atoms with Gasteiger partial charge in [0.05, 0.1) is 5.75 Å². The maximum Gasteiger partial charge on any atom is 0.237 e. The fraction of sp³-hybridized carbons (Fsp3) is 0.238. The van der Waals surface area contributed by atoms with Gasteiger partial charge in [-0.15, -0.1) is 10.2 Å². The largest absolute Gasteiger partial charge is 0.483 e. The Bertz CT molecular complexity index is 1100. The molecule has 4 aromatic rings. The molecule has 4 rings (SSSR count). The van der Waals surface area contributed by atoms with Crippen molar-refractivity contribution in [3.8, 4) is 11.4 Å². The normalized spacial score (nSPS) is 11.0. The van der Waals surface area contributed by atoms with E-state index in [1.165, 1.54) is 17.8 Å². The van der Waals surface area contributed by atoms with Gasteiger partial charge >= 0.3 is 0 Å². The van der Waals surface area contributed by atoms with E-state index in [0.29, 0.717) is 28.4 Å². The Hall–Kier alpha value is -3.20. The molecule has 0 aliphatic carbocycles. The Kier molecular flexibility index (Phi) is 6.38. The molecule has 0 radical (unpaired) electrons. The molecule has 0 amide bonds. The minimum absolute atomic E-state index is 0.0740. The van der Waals surface area contributed by atoms with Crippen molar-refractivity contribution in [2.75, 3.05) is 0 Å². The highest BCUT2D eigenvalue weighted by Gasteiger charge is 2.17. The first-order chi connectivity index (χ1) is 14.7. The van der Waals surface area contributed by atoms with E-state index in [9.17, 15) is 4.39 Å². The predicted octanol–water partition coefficient (Wildman–Crippen LogP) is 4.61. The summed E-state index contributed by atoms with van der Waals surface area (Å²) in [4.78, 5) is 4.39. The Morgan fingerprint density at radius 2 is 1.87 bits per heavy atom. The summed E-state index contributed by atoms with van der Waals surface area (Å²) in [5, 5.41) is 13.2. The summed E-state index contributed by atoms with van der Waals surface area (Å²) in [7, 11) is 0. The Labute approximate surface area is 177 Å². The molecule has 0 fully saturated rings. The maximum atomic E-state index is 13.9. The van der Waals surface area contributed by atoms with Crippen molar-refractivity contribution in [3.05, 3.63) is 78.0 Å². The zero-order chi connectivity index (χ0) is 20.8. The van der Waals surface area contributed by atoms with Crippen LogP contribution in [0.4, 0.5) is 4.39 Å². The quantitative estimate of drug-likeness (QED) is 0.362. The van der Waals surface area contributed by atoms with Gasteiger partial charge in [0.25, 0.3) is 0 Å². The summed E-state index contributed by atoms with van der Waals surface area (Å²) in [6.45, 7) is 2.14. The van der Waals surface area contributed by atoms with Gasteiger partial charge in [-0.25, -0.2) is 4.39 Å². The molecule has 0 aliphatic rings. The molecule has 0 saturated carbocycles. The molecule has 30 heavy (non-hydrogen) atoms. The van der Waals surface area contributed by atoms with E-state index in [2.05, 4.69) is 27.3 Å². The topological polar surface area (TPSA) is 78.9 Å². The number of aromatic nitrogens is 5. The Balaban J connectivity index is 1.55. The molecular weight excluding hydrogens is 405 g/mol. The Morgan fingerprint density at radius 3 is 2.67 bits per heavy atom.